The molecule has 0 aromatic heterocycles. The summed E-state index contributed by atoms with van der Waals surface area (Å²) >= 11 is 5.79. The molecule has 3 rings (SSSR count). The van der Waals surface area contributed by atoms with E-state index in [1.54, 1.807) is 12.1 Å². The zero-order chi connectivity index (χ0) is 22.7. The first-order valence-electron chi connectivity index (χ1n) is 9.22. The lowest BCUT2D eigenvalue weighted by atomic mass is 9.99. The number of hydrogen-bond acceptors (Lipinski definition) is 9. The second-order valence-electron chi connectivity index (χ2n) is 6.89. The summed E-state index contributed by atoms with van der Waals surface area (Å²) in [6, 6.07) is 9.78. The van der Waals surface area contributed by atoms with Gasteiger partial charge in [-0.1, -0.05) is 11.6 Å². The van der Waals surface area contributed by atoms with Gasteiger partial charge in [-0.25, -0.2) is 0 Å². The number of ether oxygens (including phenoxy) is 2. The molecule has 1 fully saturated rings. The van der Waals surface area contributed by atoms with Gasteiger partial charge in [0.2, 0.25) is 6.29 Å². The van der Waals surface area contributed by atoms with Crippen LogP contribution in [0.15, 0.2) is 48.5 Å². The molecule has 2 aromatic rings. The van der Waals surface area contributed by atoms with Crippen molar-refractivity contribution in [1.82, 2.24) is 0 Å². The smallest absolute Gasteiger partial charge is 0.229 e. The molecule has 1 aliphatic rings. The van der Waals surface area contributed by atoms with Crippen LogP contribution in [-0.4, -0.2) is 73.7 Å². The Morgan fingerprint density at radius 1 is 1.06 bits per heavy atom. The molecule has 1 saturated heterocycles. The second kappa shape index (κ2) is 9.65. The predicted octanol–water partition coefficient (Wildman–Crippen LogP) is 1.01. The molecule has 0 spiro atoms. The Balaban J connectivity index is 1.74. The van der Waals surface area contributed by atoms with Crippen molar-refractivity contribution in [3.63, 3.8) is 0 Å². The Kier molecular flexibility index (Phi) is 7.16. The fourth-order valence-corrected chi connectivity index (χ4v) is 3.12. The van der Waals surface area contributed by atoms with Crippen molar-refractivity contribution in [3.05, 3.63) is 64.7 Å². The normalized spacial score (nSPS) is 26.5. The number of rotatable bonds is 6. The first kappa shape index (κ1) is 23.0. The average Bonchev–Trinajstić information content (AvgIpc) is 2.74. The maximum Gasteiger partial charge on any atom is 0.229 e. The first-order chi connectivity index (χ1) is 14.7. The summed E-state index contributed by atoms with van der Waals surface area (Å²) in [6.45, 7) is -0.618. The molecule has 0 radical (unpaired) electrons. The minimum Gasteiger partial charge on any atom is -0.507 e. The lowest BCUT2D eigenvalue weighted by Crippen LogP contribution is -2.60. The molecule has 1 heterocycles. The van der Waals surface area contributed by atoms with Crippen LogP contribution in [0.25, 0.3) is 5.76 Å². The number of aromatic hydroxyl groups is 1. The van der Waals surface area contributed by atoms with Gasteiger partial charge >= 0.3 is 0 Å². The van der Waals surface area contributed by atoms with Crippen molar-refractivity contribution in [3.8, 4) is 11.5 Å². The van der Waals surface area contributed by atoms with Gasteiger partial charge < -0.3 is 40.1 Å². The van der Waals surface area contributed by atoms with E-state index >= 15 is 0 Å². The third-order valence-electron chi connectivity index (χ3n) is 4.74. The predicted molar refractivity (Wildman–Crippen MR) is 109 cm³/mol. The lowest BCUT2D eigenvalue weighted by Gasteiger charge is -2.39. The van der Waals surface area contributed by atoms with Gasteiger partial charge in [-0.15, -0.1) is 0 Å². The highest BCUT2D eigenvalue weighted by atomic mass is 35.5. The monoisotopic (exact) mass is 452 g/mol. The number of phenols is 1. The highest BCUT2D eigenvalue weighted by Gasteiger charge is 2.44. The van der Waals surface area contributed by atoms with Gasteiger partial charge in [0, 0.05) is 22.7 Å². The number of benzene rings is 2. The maximum absolute atomic E-state index is 12.4. The van der Waals surface area contributed by atoms with E-state index in [2.05, 4.69) is 0 Å². The van der Waals surface area contributed by atoms with Crippen LogP contribution < -0.4 is 4.74 Å². The Morgan fingerprint density at radius 2 is 1.74 bits per heavy atom. The van der Waals surface area contributed by atoms with Crippen LogP contribution in [-0.2, 0) is 4.74 Å². The van der Waals surface area contributed by atoms with E-state index in [4.69, 9.17) is 21.1 Å². The zero-order valence-corrected chi connectivity index (χ0v) is 16.8. The molecule has 1 aliphatic heterocycles. The standard InChI is InChI=1S/C21H21ClO9/c22-11-3-1-10(2-4-11)14(24)8-16(26)13-6-5-12(7-15(13)25)30-21-20(29)19(28)18(27)17(9-23)31-21/h1-8,17-21,23-25,27-29H,9H2/b14-8-/t17-,18-,19+,20-,21-/m1/s1. The van der Waals surface area contributed by atoms with Gasteiger partial charge in [-0.2, -0.15) is 0 Å². The van der Waals surface area contributed by atoms with E-state index in [9.17, 15) is 35.4 Å². The topological polar surface area (TPSA) is 157 Å². The average molecular weight is 453 g/mol. The number of carbonyl (C=O) groups is 1. The summed E-state index contributed by atoms with van der Waals surface area (Å²) in [6.07, 6.45) is -6.43. The molecule has 6 N–H and O–H groups in total. The number of aliphatic hydroxyl groups excluding tert-OH is 5. The summed E-state index contributed by atoms with van der Waals surface area (Å²) in [5.74, 6) is -1.47. The summed E-state index contributed by atoms with van der Waals surface area (Å²) in [5, 5.41) is 59.6. The quantitative estimate of drug-likeness (QED) is 0.214. The highest BCUT2D eigenvalue weighted by molar-refractivity contribution is 6.30. The maximum atomic E-state index is 12.4. The van der Waals surface area contributed by atoms with Crippen molar-refractivity contribution >= 4 is 23.1 Å². The first-order valence-corrected chi connectivity index (χ1v) is 9.60. The SMILES string of the molecule is O=C(/C=C(\O)c1ccc(Cl)cc1)c1ccc(O[C@@H]2O[C@H](CO)[C@@H](O)[C@H](O)[C@H]2O)cc1O. The molecule has 2 aromatic carbocycles. The Labute approximate surface area is 182 Å². The minimum atomic E-state index is -1.62. The van der Waals surface area contributed by atoms with Gasteiger partial charge in [0.05, 0.1) is 12.2 Å². The molecule has 31 heavy (non-hydrogen) atoms. The van der Waals surface area contributed by atoms with E-state index in [1.807, 2.05) is 0 Å². The van der Waals surface area contributed by atoms with Gasteiger partial charge in [-0.3, -0.25) is 4.79 Å². The summed E-state index contributed by atoms with van der Waals surface area (Å²) in [7, 11) is 0. The molecule has 10 heteroatoms. The van der Waals surface area contributed by atoms with Gasteiger partial charge in [0.1, 0.15) is 41.7 Å². The number of phenolic OH excluding ortho intramolecular Hbond substituents is 1. The van der Waals surface area contributed by atoms with E-state index in [1.165, 1.54) is 24.3 Å². The fourth-order valence-electron chi connectivity index (χ4n) is 3.00. The molecular formula is C21H21ClO9. The molecule has 0 amide bonds. The van der Waals surface area contributed by atoms with Gasteiger partial charge in [-0.05, 0) is 36.4 Å². The summed E-state index contributed by atoms with van der Waals surface area (Å²) in [5.41, 5.74) is 0.237. The molecule has 0 unspecified atom stereocenters. The second-order valence-corrected chi connectivity index (χ2v) is 7.33. The number of hydrogen-bond donors (Lipinski definition) is 6. The summed E-state index contributed by atoms with van der Waals surface area (Å²) in [4.78, 5) is 12.4. The molecule has 166 valence electrons. The third kappa shape index (κ3) is 5.16. The van der Waals surface area contributed by atoms with Crippen LogP contribution in [0.3, 0.4) is 0 Å². The van der Waals surface area contributed by atoms with Crippen molar-refractivity contribution in [2.24, 2.45) is 0 Å². The Morgan fingerprint density at radius 3 is 2.35 bits per heavy atom. The molecule has 0 bridgehead atoms. The molecule has 5 atom stereocenters. The van der Waals surface area contributed by atoms with E-state index < -0.39 is 48.8 Å². The molecule has 0 aliphatic carbocycles. The van der Waals surface area contributed by atoms with Gasteiger partial charge in [0.25, 0.3) is 0 Å². The number of carbonyl (C=O) groups excluding carboxylic acids is 1. The molecular weight excluding hydrogens is 432 g/mol. The van der Waals surface area contributed by atoms with Crippen LogP contribution in [0, 0.1) is 0 Å². The number of ketones is 1. The van der Waals surface area contributed by atoms with Crippen LogP contribution in [0.5, 0.6) is 11.5 Å². The van der Waals surface area contributed by atoms with Crippen molar-refractivity contribution in [2.75, 3.05) is 6.61 Å². The minimum absolute atomic E-state index is 0.00992. The van der Waals surface area contributed by atoms with Crippen LogP contribution in [0.4, 0.5) is 0 Å². The lowest BCUT2D eigenvalue weighted by molar-refractivity contribution is -0.277. The third-order valence-corrected chi connectivity index (χ3v) is 5.00. The fraction of sp³-hybridized carbons (Fsp3) is 0.286. The Bertz CT molecular complexity index is 958. The van der Waals surface area contributed by atoms with Crippen molar-refractivity contribution in [2.45, 2.75) is 30.7 Å². The highest BCUT2D eigenvalue weighted by Crippen LogP contribution is 2.29. The van der Waals surface area contributed by atoms with Crippen LogP contribution in [0.2, 0.25) is 5.02 Å². The van der Waals surface area contributed by atoms with Crippen molar-refractivity contribution in [1.29, 1.82) is 0 Å². The zero-order valence-electron chi connectivity index (χ0n) is 16.0. The number of allylic oxidation sites excluding steroid dienone is 1. The van der Waals surface area contributed by atoms with Crippen LogP contribution in [0.1, 0.15) is 15.9 Å². The largest absolute Gasteiger partial charge is 0.507 e. The molecule has 0 saturated carbocycles. The Hall–Kier alpha value is -2.66. The van der Waals surface area contributed by atoms with E-state index in [-0.39, 0.29) is 17.1 Å². The van der Waals surface area contributed by atoms with Gasteiger partial charge in [0.15, 0.2) is 5.78 Å². The van der Waals surface area contributed by atoms with Crippen molar-refractivity contribution < 1.29 is 44.9 Å². The number of halogens is 1. The van der Waals surface area contributed by atoms with Crippen LogP contribution >= 0.6 is 11.6 Å². The number of aliphatic hydroxyl groups is 5. The van der Waals surface area contributed by atoms with E-state index in [0.717, 1.165) is 12.1 Å². The van der Waals surface area contributed by atoms with E-state index in [0.29, 0.717) is 10.6 Å². The summed E-state index contributed by atoms with van der Waals surface area (Å²) < 4.78 is 10.6. The molecule has 9 nitrogen and oxygen atoms in total.